The van der Waals surface area contributed by atoms with Gasteiger partial charge in [-0.1, -0.05) is 23.8 Å². The predicted octanol–water partition coefficient (Wildman–Crippen LogP) is 2.98. The first-order chi connectivity index (χ1) is 15.2. The van der Waals surface area contributed by atoms with Gasteiger partial charge in [-0.2, -0.15) is 8.99 Å². The van der Waals surface area contributed by atoms with Gasteiger partial charge < -0.3 is 4.90 Å². The fourth-order valence-corrected chi connectivity index (χ4v) is 5.66. The van der Waals surface area contributed by atoms with Crippen molar-refractivity contribution in [3.8, 4) is 5.69 Å². The molecule has 2 aromatic carbocycles. The van der Waals surface area contributed by atoms with Crippen molar-refractivity contribution in [1.29, 1.82) is 0 Å². The zero-order valence-corrected chi connectivity index (χ0v) is 19.7. The van der Waals surface area contributed by atoms with E-state index in [-0.39, 0.29) is 5.56 Å². The van der Waals surface area contributed by atoms with Crippen LogP contribution in [0.1, 0.15) is 22.3 Å². The largest absolute Gasteiger partial charge is 0.353 e. The summed E-state index contributed by atoms with van der Waals surface area (Å²) in [4.78, 5) is 14.8. The van der Waals surface area contributed by atoms with Gasteiger partial charge in [0, 0.05) is 32.2 Å². The maximum absolute atomic E-state index is 13.3. The van der Waals surface area contributed by atoms with Gasteiger partial charge in [-0.05, 0) is 68.7 Å². The van der Waals surface area contributed by atoms with Crippen LogP contribution in [-0.2, 0) is 10.0 Å². The standard InChI is InChI=1S/C24H28N4O3S/c1-17-5-7-21(8-6-17)28-24(29)10-9-23(25-28)26-11-13-27(14-12-26)32(30,31)22-16-19(3)18(2)15-20(22)4/h5-10,15-16H,11-14H2,1-4H3. The topological polar surface area (TPSA) is 75.5 Å². The maximum atomic E-state index is 13.3. The highest BCUT2D eigenvalue weighted by molar-refractivity contribution is 7.89. The first-order valence-electron chi connectivity index (χ1n) is 10.7. The summed E-state index contributed by atoms with van der Waals surface area (Å²) in [7, 11) is -3.57. The summed E-state index contributed by atoms with van der Waals surface area (Å²) in [6.07, 6.45) is 0. The van der Waals surface area contributed by atoms with Gasteiger partial charge in [0.05, 0.1) is 10.6 Å². The second-order valence-corrected chi connectivity index (χ2v) is 10.3. The third-order valence-electron chi connectivity index (χ3n) is 6.04. The quantitative estimate of drug-likeness (QED) is 0.608. The van der Waals surface area contributed by atoms with Gasteiger partial charge in [0.1, 0.15) is 5.82 Å². The van der Waals surface area contributed by atoms with Crippen molar-refractivity contribution in [2.45, 2.75) is 32.6 Å². The fraction of sp³-hybridized carbons (Fsp3) is 0.333. The Hall–Kier alpha value is -2.97. The Bertz CT molecular complexity index is 1310. The fourth-order valence-electron chi connectivity index (χ4n) is 3.95. The van der Waals surface area contributed by atoms with E-state index >= 15 is 0 Å². The lowest BCUT2D eigenvalue weighted by atomic mass is 10.1. The molecule has 1 aliphatic heterocycles. The van der Waals surface area contributed by atoms with Crippen molar-refractivity contribution in [3.63, 3.8) is 0 Å². The molecule has 0 spiro atoms. The molecule has 0 bridgehead atoms. The third kappa shape index (κ3) is 4.20. The normalized spacial score (nSPS) is 15.2. The summed E-state index contributed by atoms with van der Waals surface area (Å²) in [6.45, 7) is 9.47. The third-order valence-corrected chi connectivity index (χ3v) is 8.08. The summed E-state index contributed by atoms with van der Waals surface area (Å²) in [6, 6.07) is 14.5. The van der Waals surface area contributed by atoms with Gasteiger partial charge in [-0.25, -0.2) is 8.42 Å². The number of rotatable bonds is 4. The summed E-state index contributed by atoms with van der Waals surface area (Å²) in [5.41, 5.74) is 4.42. The predicted molar refractivity (Wildman–Crippen MR) is 126 cm³/mol. The zero-order valence-electron chi connectivity index (χ0n) is 18.9. The number of nitrogens with zero attached hydrogens (tertiary/aromatic N) is 4. The van der Waals surface area contributed by atoms with Crippen molar-refractivity contribution in [1.82, 2.24) is 14.1 Å². The lowest BCUT2D eigenvalue weighted by Crippen LogP contribution is -2.49. The molecule has 1 fully saturated rings. The number of aryl methyl sites for hydroxylation is 4. The molecule has 1 aromatic heterocycles. The highest BCUT2D eigenvalue weighted by Gasteiger charge is 2.30. The Kier molecular flexibility index (Phi) is 5.92. The van der Waals surface area contributed by atoms with E-state index in [4.69, 9.17) is 0 Å². The van der Waals surface area contributed by atoms with Crippen LogP contribution < -0.4 is 10.5 Å². The van der Waals surface area contributed by atoms with Gasteiger partial charge in [0.2, 0.25) is 10.0 Å². The van der Waals surface area contributed by atoms with Crippen LogP contribution >= 0.6 is 0 Å². The van der Waals surface area contributed by atoms with Crippen LogP contribution in [0, 0.1) is 27.7 Å². The van der Waals surface area contributed by atoms with Crippen LogP contribution in [0.4, 0.5) is 5.82 Å². The Morgan fingerprint density at radius 2 is 1.41 bits per heavy atom. The smallest absolute Gasteiger partial charge is 0.271 e. The molecule has 1 aliphatic rings. The minimum atomic E-state index is -3.57. The molecule has 0 atom stereocenters. The van der Waals surface area contributed by atoms with E-state index in [1.54, 1.807) is 12.1 Å². The Morgan fingerprint density at radius 1 is 0.781 bits per heavy atom. The number of hydrogen-bond acceptors (Lipinski definition) is 5. The molecule has 168 valence electrons. The Morgan fingerprint density at radius 3 is 2.06 bits per heavy atom. The average Bonchev–Trinajstić information content (AvgIpc) is 2.77. The summed E-state index contributed by atoms with van der Waals surface area (Å²) < 4.78 is 29.5. The minimum Gasteiger partial charge on any atom is -0.353 e. The number of sulfonamides is 1. The molecule has 4 rings (SSSR count). The van der Waals surface area contributed by atoms with Crippen molar-refractivity contribution >= 4 is 15.8 Å². The van der Waals surface area contributed by atoms with Gasteiger partial charge in [-0.15, -0.1) is 5.10 Å². The summed E-state index contributed by atoms with van der Waals surface area (Å²) in [5, 5.41) is 4.54. The highest BCUT2D eigenvalue weighted by Crippen LogP contribution is 2.25. The Balaban J connectivity index is 1.54. The maximum Gasteiger partial charge on any atom is 0.271 e. The van der Waals surface area contributed by atoms with Crippen LogP contribution in [0.2, 0.25) is 0 Å². The second-order valence-electron chi connectivity index (χ2n) is 8.37. The van der Waals surface area contributed by atoms with Crippen LogP contribution in [0.25, 0.3) is 5.69 Å². The highest BCUT2D eigenvalue weighted by atomic mass is 32.2. The number of benzene rings is 2. The van der Waals surface area contributed by atoms with Crippen molar-refractivity contribution in [2.75, 3.05) is 31.1 Å². The van der Waals surface area contributed by atoms with Crippen LogP contribution in [0.5, 0.6) is 0 Å². The second kappa shape index (κ2) is 8.52. The molecule has 0 saturated carbocycles. The van der Waals surface area contributed by atoms with Crippen molar-refractivity contribution in [3.05, 3.63) is 81.1 Å². The van der Waals surface area contributed by atoms with Gasteiger partial charge in [-0.3, -0.25) is 4.79 Å². The SMILES string of the molecule is Cc1ccc(-n2nc(N3CCN(S(=O)(=O)c4cc(C)c(C)cc4C)CC3)ccc2=O)cc1. The first-order valence-corrected chi connectivity index (χ1v) is 12.1. The number of anilines is 1. The average molecular weight is 453 g/mol. The monoisotopic (exact) mass is 452 g/mol. The lowest BCUT2D eigenvalue weighted by molar-refractivity contribution is 0.383. The molecule has 3 aromatic rings. The van der Waals surface area contributed by atoms with E-state index in [2.05, 4.69) is 5.10 Å². The van der Waals surface area contributed by atoms with E-state index in [0.717, 1.165) is 22.3 Å². The zero-order chi connectivity index (χ0) is 23.0. The first kappa shape index (κ1) is 22.2. The van der Waals surface area contributed by atoms with Crippen molar-refractivity contribution in [2.24, 2.45) is 0 Å². The molecule has 0 aliphatic carbocycles. The van der Waals surface area contributed by atoms with Crippen LogP contribution in [0.15, 0.2) is 58.2 Å². The number of hydrogen-bond donors (Lipinski definition) is 0. The van der Waals surface area contributed by atoms with Crippen LogP contribution in [0.3, 0.4) is 0 Å². The number of piperazine rings is 1. The molecule has 0 radical (unpaired) electrons. The molecule has 7 nitrogen and oxygen atoms in total. The molecular weight excluding hydrogens is 424 g/mol. The Labute approximate surface area is 189 Å². The molecule has 0 amide bonds. The molecular formula is C24H28N4O3S. The van der Waals surface area contributed by atoms with E-state index < -0.39 is 10.0 Å². The van der Waals surface area contributed by atoms with Crippen molar-refractivity contribution < 1.29 is 8.42 Å². The van der Waals surface area contributed by atoms with Crippen LogP contribution in [-0.4, -0.2) is 48.7 Å². The summed E-state index contributed by atoms with van der Waals surface area (Å²) >= 11 is 0. The van der Waals surface area contributed by atoms with E-state index in [0.29, 0.717) is 42.6 Å². The molecule has 1 saturated heterocycles. The van der Waals surface area contributed by atoms with Gasteiger partial charge in [0.25, 0.3) is 5.56 Å². The van der Waals surface area contributed by atoms with Gasteiger partial charge in [0.15, 0.2) is 0 Å². The lowest BCUT2D eigenvalue weighted by Gasteiger charge is -2.35. The van der Waals surface area contributed by atoms with E-state index in [9.17, 15) is 13.2 Å². The molecule has 8 heteroatoms. The van der Waals surface area contributed by atoms with Gasteiger partial charge >= 0.3 is 0 Å². The molecule has 32 heavy (non-hydrogen) atoms. The molecule has 2 heterocycles. The molecule has 0 unspecified atom stereocenters. The minimum absolute atomic E-state index is 0.205. The summed E-state index contributed by atoms with van der Waals surface area (Å²) in [5.74, 6) is 0.657. The van der Waals surface area contributed by atoms with E-state index in [1.165, 1.54) is 15.1 Å². The molecule has 0 N–H and O–H groups in total. The number of aromatic nitrogens is 2. The van der Waals surface area contributed by atoms with E-state index in [1.807, 2.05) is 62.9 Å².